The van der Waals surface area contributed by atoms with Crippen molar-refractivity contribution < 1.29 is 72.3 Å². The molecule has 0 aliphatic carbocycles. The third-order valence-electron chi connectivity index (χ3n) is 0. The fourth-order valence-electron chi connectivity index (χ4n) is 0. The number of rotatable bonds is 0. The van der Waals surface area contributed by atoms with E-state index in [1.54, 1.807) is 0 Å². The van der Waals surface area contributed by atoms with Crippen LogP contribution in [-0.2, 0) is 72.3 Å². The average Bonchev–Trinajstić information content (AvgIpc) is 0. The first-order valence-corrected chi connectivity index (χ1v) is 0. The van der Waals surface area contributed by atoms with Gasteiger partial charge in [-0.25, -0.2) is 0 Å². The maximum absolute atomic E-state index is 0. The molecule has 5 heteroatoms. The van der Waals surface area contributed by atoms with E-state index in [2.05, 4.69) is 0 Å². The molecule has 2 radical (unpaired) electrons. The van der Waals surface area contributed by atoms with E-state index in [0.717, 1.165) is 0 Å². The molecule has 0 nitrogen and oxygen atoms in total. The number of hydrogen-bond acceptors (Lipinski definition) is 0. The van der Waals surface area contributed by atoms with Crippen molar-refractivity contribution in [1.82, 2.24) is 0 Å². The normalized spacial score (nSPS) is 0. The first-order valence-electron chi connectivity index (χ1n) is 0. The van der Waals surface area contributed by atoms with Crippen LogP contribution in [0, 0.1) is 0 Å². The second-order valence-electron chi connectivity index (χ2n) is 0. The standard InChI is InChI=1S/BH3.Cu.Fe.Mn.Mo/h1H3;;;;. The first kappa shape index (κ1) is 54.5. The molecule has 0 saturated heterocycles. The molecule has 0 aliphatic rings. The molecule has 0 rings (SSSR count). The van der Waals surface area contributed by atoms with Gasteiger partial charge in [-0.1, -0.05) is 0 Å². The summed E-state index contributed by atoms with van der Waals surface area (Å²) in [7, 11) is 0. The van der Waals surface area contributed by atoms with Crippen LogP contribution >= 0.6 is 0 Å². The topological polar surface area (TPSA) is 0 Å². The largest absolute Gasteiger partial charge is 0.0814 e. The summed E-state index contributed by atoms with van der Waals surface area (Å²) in [5.74, 6) is 0. The average molecular weight is 284 g/mol. The minimum Gasteiger partial charge on any atom is 0 e. The predicted molar refractivity (Wildman–Crippen MR) is 9.94 cm³/mol. The molecule has 0 aromatic rings. The van der Waals surface area contributed by atoms with Crippen LogP contribution in [0.4, 0.5) is 0 Å². The quantitative estimate of drug-likeness (QED) is 0.491. The van der Waals surface area contributed by atoms with E-state index in [-0.39, 0.29) is 80.7 Å². The summed E-state index contributed by atoms with van der Waals surface area (Å²) in [6.45, 7) is 0. The van der Waals surface area contributed by atoms with Crippen LogP contribution in [0.3, 0.4) is 0 Å². The summed E-state index contributed by atoms with van der Waals surface area (Å²) in [4.78, 5) is 0. The van der Waals surface area contributed by atoms with Gasteiger partial charge in [0.2, 0.25) is 0 Å². The first-order chi connectivity index (χ1) is 0. The maximum Gasteiger partial charge on any atom is 0.0814 e. The molecule has 38 valence electrons. The third kappa shape index (κ3) is 22.0. The van der Waals surface area contributed by atoms with Gasteiger partial charge in [-0.3, -0.25) is 0 Å². The molecule has 0 N–H and O–H groups in total. The van der Waals surface area contributed by atoms with Crippen molar-refractivity contribution in [1.29, 1.82) is 0 Å². The molecule has 0 amide bonds. The summed E-state index contributed by atoms with van der Waals surface area (Å²) < 4.78 is 0. The SMILES string of the molecule is B.[Cu].[Fe].[Mn].[Mo]. The van der Waals surface area contributed by atoms with Gasteiger partial charge in [0.15, 0.2) is 0 Å². The van der Waals surface area contributed by atoms with Gasteiger partial charge in [-0.05, 0) is 0 Å². The zero-order valence-corrected chi connectivity index (χ0v) is 6.67. The van der Waals surface area contributed by atoms with E-state index in [1.165, 1.54) is 0 Å². The van der Waals surface area contributed by atoms with Gasteiger partial charge in [0.05, 0.1) is 8.41 Å². The van der Waals surface area contributed by atoms with Crippen molar-refractivity contribution in [3.8, 4) is 0 Å². The Balaban J connectivity index is 0. The molecule has 0 aromatic carbocycles. The maximum atomic E-state index is 0. The zero-order valence-electron chi connectivity index (χ0n) is 1.44. The van der Waals surface area contributed by atoms with Crippen molar-refractivity contribution in [2.45, 2.75) is 0 Å². The van der Waals surface area contributed by atoms with Crippen molar-refractivity contribution >= 4 is 8.41 Å². The summed E-state index contributed by atoms with van der Waals surface area (Å²) in [5.41, 5.74) is 0. The van der Waals surface area contributed by atoms with E-state index in [0.29, 0.717) is 0 Å². The van der Waals surface area contributed by atoms with Crippen molar-refractivity contribution in [2.75, 3.05) is 0 Å². The molecule has 0 aromatic heterocycles. The van der Waals surface area contributed by atoms with Crippen molar-refractivity contribution in [3.05, 3.63) is 0 Å². The molecule has 0 saturated carbocycles. The van der Waals surface area contributed by atoms with Gasteiger partial charge in [0, 0.05) is 72.3 Å². The van der Waals surface area contributed by atoms with Crippen LogP contribution in [0.1, 0.15) is 0 Å². The zero-order chi connectivity index (χ0) is 0. The molecule has 0 spiro atoms. The molecular weight excluding hydrogens is 281 g/mol. The molecule has 0 fully saturated rings. The molecule has 0 unspecified atom stereocenters. The monoisotopic (exact) mass is 286 g/mol. The summed E-state index contributed by atoms with van der Waals surface area (Å²) in [5, 5.41) is 0. The van der Waals surface area contributed by atoms with E-state index >= 15 is 0 Å². The second-order valence-corrected chi connectivity index (χ2v) is 0. The predicted octanol–water partition coefficient (Wildman–Crippen LogP) is -1.19. The summed E-state index contributed by atoms with van der Waals surface area (Å²) in [6, 6.07) is 0. The Bertz CT molecular complexity index is 11.6. The van der Waals surface area contributed by atoms with Gasteiger partial charge in [-0.2, -0.15) is 0 Å². The Kier molecular flexibility index (Phi) is 363. The van der Waals surface area contributed by atoms with Crippen molar-refractivity contribution in [2.24, 2.45) is 0 Å². The van der Waals surface area contributed by atoms with Gasteiger partial charge in [0.25, 0.3) is 0 Å². The number of hydrogen-bond donors (Lipinski definition) is 0. The second kappa shape index (κ2) is 33.3. The van der Waals surface area contributed by atoms with Gasteiger partial charge in [0.1, 0.15) is 0 Å². The minimum absolute atomic E-state index is 0. The molecular formula is H3BCuFeMnMo. The molecule has 0 aliphatic heterocycles. The van der Waals surface area contributed by atoms with Gasteiger partial charge in [-0.15, -0.1) is 0 Å². The Labute approximate surface area is 79.9 Å². The van der Waals surface area contributed by atoms with Crippen molar-refractivity contribution in [3.63, 3.8) is 0 Å². The molecule has 0 bridgehead atoms. The fraction of sp³-hybridized carbons (Fsp3) is 0. The van der Waals surface area contributed by atoms with Crippen LogP contribution in [0.25, 0.3) is 0 Å². The van der Waals surface area contributed by atoms with Crippen LogP contribution in [0.5, 0.6) is 0 Å². The fourth-order valence-corrected chi connectivity index (χ4v) is 0. The molecule has 0 heterocycles. The Morgan fingerprint density at radius 3 is 1.00 bits per heavy atom. The van der Waals surface area contributed by atoms with Gasteiger partial charge >= 0.3 is 0 Å². The van der Waals surface area contributed by atoms with Crippen LogP contribution in [0.2, 0.25) is 0 Å². The van der Waals surface area contributed by atoms with Crippen LogP contribution in [0.15, 0.2) is 0 Å². The van der Waals surface area contributed by atoms with E-state index in [4.69, 9.17) is 0 Å². The molecule has 0 atom stereocenters. The third-order valence-corrected chi connectivity index (χ3v) is 0. The van der Waals surface area contributed by atoms with E-state index in [9.17, 15) is 0 Å². The Morgan fingerprint density at radius 1 is 1.00 bits per heavy atom. The van der Waals surface area contributed by atoms with Gasteiger partial charge < -0.3 is 0 Å². The summed E-state index contributed by atoms with van der Waals surface area (Å²) in [6.07, 6.45) is 0. The van der Waals surface area contributed by atoms with Crippen LogP contribution < -0.4 is 0 Å². The minimum atomic E-state index is 0. The van der Waals surface area contributed by atoms with E-state index < -0.39 is 0 Å². The smallest absolute Gasteiger partial charge is 0 e. The molecule has 5 heavy (non-hydrogen) atoms. The Morgan fingerprint density at radius 2 is 1.00 bits per heavy atom. The Hall–Kier alpha value is 2.31. The van der Waals surface area contributed by atoms with E-state index in [1.807, 2.05) is 0 Å². The van der Waals surface area contributed by atoms with Crippen LogP contribution in [-0.4, -0.2) is 8.41 Å². The summed E-state index contributed by atoms with van der Waals surface area (Å²) >= 11 is 0.